The number of halogens is 2. The Morgan fingerprint density at radius 3 is 2.78 bits per heavy atom. The summed E-state index contributed by atoms with van der Waals surface area (Å²) in [5.41, 5.74) is 3.60. The van der Waals surface area contributed by atoms with Crippen LogP contribution in [0.15, 0.2) is 71.2 Å². The Kier molecular flexibility index (Phi) is 7.12. The number of imidazole rings is 1. The van der Waals surface area contributed by atoms with Crippen LogP contribution in [-0.2, 0) is 13.0 Å². The Labute approximate surface area is 200 Å². The largest absolute Gasteiger partial charge is 0.492 e. The molecule has 0 aliphatic rings. The van der Waals surface area contributed by atoms with Gasteiger partial charge in [0.1, 0.15) is 18.2 Å². The summed E-state index contributed by atoms with van der Waals surface area (Å²) in [6, 6.07) is 21.0. The second kappa shape index (κ2) is 10.2. The lowest BCUT2D eigenvalue weighted by atomic mass is 10.2. The average Bonchev–Trinajstić information content (AvgIpc) is 3.13. The van der Waals surface area contributed by atoms with Crippen LogP contribution in [0.1, 0.15) is 21.7 Å². The molecule has 0 bridgehead atoms. The van der Waals surface area contributed by atoms with E-state index >= 15 is 0 Å². The van der Waals surface area contributed by atoms with Crippen LogP contribution in [-0.4, -0.2) is 28.6 Å². The molecule has 0 saturated heterocycles. The zero-order chi connectivity index (χ0) is 22.5. The molecule has 1 aromatic heterocycles. The molecule has 0 atom stereocenters. The van der Waals surface area contributed by atoms with Crippen LogP contribution in [0.25, 0.3) is 11.0 Å². The number of carbonyl (C=O) groups is 1. The number of nitrogens with zero attached hydrogens (tertiary/aromatic N) is 2. The van der Waals surface area contributed by atoms with Gasteiger partial charge in [-0.1, -0.05) is 45.7 Å². The topological polar surface area (TPSA) is 56.1 Å². The first-order chi connectivity index (χ1) is 15.5. The van der Waals surface area contributed by atoms with Crippen LogP contribution in [0.3, 0.4) is 0 Å². The highest BCUT2D eigenvalue weighted by molar-refractivity contribution is 9.10. The molecule has 0 aliphatic carbocycles. The number of amides is 1. The monoisotopic (exact) mass is 511 g/mol. The number of hydrogen-bond acceptors (Lipinski definition) is 3. The third kappa shape index (κ3) is 5.31. The molecule has 0 fully saturated rings. The van der Waals surface area contributed by atoms with E-state index in [0.29, 0.717) is 31.7 Å². The Balaban J connectivity index is 1.42. The number of fused-ring (bicyclic) bond motifs is 1. The van der Waals surface area contributed by atoms with Gasteiger partial charge in [-0.15, -0.1) is 0 Å². The van der Waals surface area contributed by atoms with E-state index in [0.717, 1.165) is 37.7 Å². The minimum atomic E-state index is -0.101. The van der Waals surface area contributed by atoms with Crippen molar-refractivity contribution in [3.05, 3.63) is 93.2 Å². The van der Waals surface area contributed by atoms with Crippen LogP contribution in [0.2, 0.25) is 5.02 Å². The summed E-state index contributed by atoms with van der Waals surface area (Å²) >= 11 is 9.50. The number of benzene rings is 3. The van der Waals surface area contributed by atoms with Crippen molar-refractivity contribution in [1.82, 2.24) is 14.9 Å². The summed E-state index contributed by atoms with van der Waals surface area (Å²) in [5, 5.41) is 3.71. The quantitative estimate of drug-likeness (QED) is 0.324. The lowest BCUT2D eigenvalue weighted by Gasteiger charge is -2.12. The van der Waals surface area contributed by atoms with E-state index in [2.05, 4.69) is 31.9 Å². The highest BCUT2D eigenvalue weighted by atomic mass is 79.9. The number of aryl methyl sites for hydroxylation is 1. The third-order valence-corrected chi connectivity index (χ3v) is 6.08. The summed E-state index contributed by atoms with van der Waals surface area (Å²) in [5.74, 6) is 1.60. The summed E-state index contributed by atoms with van der Waals surface area (Å²) in [6.45, 7) is 3.60. The summed E-state index contributed by atoms with van der Waals surface area (Å²) in [4.78, 5) is 17.2. The highest BCUT2D eigenvalue weighted by Gasteiger charge is 2.12. The van der Waals surface area contributed by atoms with Crippen molar-refractivity contribution in [2.75, 3.05) is 13.2 Å². The first-order valence-corrected chi connectivity index (χ1v) is 11.6. The second-order valence-electron chi connectivity index (χ2n) is 7.44. The molecule has 32 heavy (non-hydrogen) atoms. The van der Waals surface area contributed by atoms with E-state index in [1.165, 1.54) is 0 Å². The van der Waals surface area contributed by atoms with E-state index < -0.39 is 0 Å². The van der Waals surface area contributed by atoms with Crippen molar-refractivity contribution < 1.29 is 9.53 Å². The van der Waals surface area contributed by atoms with Crippen LogP contribution in [0, 0.1) is 6.92 Å². The number of carbonyl (C=O) groups excluding carboxylic acids is 1. The van der Waals surface area contributed by atoms with E-state index in [-0.39, 0.29) is 5.91 Å². The van der Waals surface area contributed by atoms with Crippen LogP contribution < -0.4 is 10.1 Å². The number of para-hydroxylation sites is 2. The van der Waals surface area contributed by atoms with E-state index in [1.54, 1.807) is 12.1 Å². The minimum absolute atomic E-state index is 0.101. The molecule has 0 spiro atoms. The second-order valence-corrected chi connectivity index (χ2v) is 8.77. The first-order valence-electron chi connectivity index (χ1n) is 10.4. The molecule has 4 rings (SSSR count). The lowest BCUT2D eigenvalue weighted by Crippen LogP contribution is -2.26. The fourth-order valence-corrected chi connectivity index (χ4v) is 4.06. The highest BCUT2D eigenvalue weighted by Crippen LogP contribution is 2.22. The zero-order valence-electron chi connectivity index (χ0n) is 17.6. The van der Waals surface area contributed by atoms with E-state index in [9.17, 15) is 4.79 Å². The maximum Gasteiger partial charge on any atom is 0.251 e. The van der Waals surface area contributed by atoms with Gasteiger partial charge < -0.3 is 14.6 Å². The van der Waals surface area contributed by atoms with Gasteiger partial charge in [-0.25, -0.2) is 4.98 Å². The predicted molar refractivity (Wildman–Crippen MR) is 132 cm³/mol. The van der Waals surface area contributed by atoms with Crippen LogP contribution in [0.5, 0.6) is 5.75 Å². The number of nitrogens with one attached hydrogen (secondary N) is 1. The van der Waals surface area contributed by atoms with Crippen molar-refractivity contribution in [2.45, 2.75) is 19.9 Å². The van der Waals surface area contributed by atoms with Crippen LogP contribution >= 0.6 is 27.5 Å². The molecule has 7 heteroatoms. The molecule has 0 saturated carbocycles. The first kappa shape index (κ1) is 22.4. The van der Waals surface area contributed by atoms with Gasteiger partial charge in [0.25, 0.3) is 5.91 Å². The summed E-state index contributed by atoms with van der Waals surface area (Å²) in [6.07, 6.45) is 0.620. The molecule has 1 amide bonds. The van der Waals surface area contributed by atoms with Gasteiger partial charge in [0.2, 0.25) is 0 Å². The molecule has 4 aromatic rings. The molecule has 1 heterocycles. The molecule has 0 aliphatic heterocycles. The maximum atomic E-state index is 12.4. The molecule has 164 valence electrons. The Morgan fingerprint density at radius 2 is 1.97 bits per heavy atom. The zero-order valence-corrected chi connectivity index (χ0v) is 20.0. The van der Waals surface area contributed by atoms with Crippen molar-refractivity contribution in [1.29, 1.82) is 0 Å². The number of hydrogen-bond donors (Lipinski definition) is 1. The van der Waals surface area contributed by atoms with Gasteiger partial charge in [-0.3, -0.25) is 4.79 Å². The molecule has 1 N–H and O–H groups in total. The van der Waals surface area contributed by atoms with E-state index in [1.807, 2.05) is 55.5 Å². The molecule has 0 unspecified atom stereocenters. The molecule has 3 aromatic carbocycles. The number of ether oxygens (including phenoxy) is 1. The Bertz CT molecular complexity index is 1260. The van der Waals surface area contributed by atoms with E-state index in [4.69, 9.17) is 21.3 Å². The van der Waals surface area contributed by atoms with Gasteiger partial charge in [0, 0.05) is 28.0 Å². The minimum Gasteiger partial charge on any atom is -0.492 e. The molecular weight excluding hydrogens is 490 g/mol. The van der Waals surface area contributed by atoms with Crippen molar-refractivity contribution >= 4 is 44.5 Å². The molecule has 0 radical (unpaired) electrons. The van der Waals surface area contributed by atoms with Gasteiger partial charge in [-0.2, -0.15) is 0 Å². The number of rotatable bonds is 8. The van der Waals surface area contributed by atoms with Crippen molar-refractivity contribution in [3.8, 4) is 5.75 Å². The lowest BCUT2D eigenvalue weighted by molar-refractivity contribution is 0.0954. The SMILES string of the molecule is Cc1cc(OCCn2c(CCNC(=O)c3cccc(Br)c3)nc3ccccc32)ccc1Cl. The summed E-state index contributed by atoms with van der Waals surface area (Å²) in [7, 11) is 0. The predicted octanol–water partition coefficient (Wildman–Crippen LogP) is 5.81. The van der Waals surface area contributed by atoms with Crippen LogP contribution in [0.4, 0.5) is 0 Å². The standard InChI is InChI=1S/C25H23BrClN3O2/c1-17-15-20(9-10-21(17)27)32-14-13-30-23-8-3-2-7-22(23)29-24(30)11-12-28-25(31)18-5-4-6-19(26)16-18/h2-10,15-16H,11-14H2,1H3,(H,28,31). The molecule has 5 nitrogen and oxygen atoms in total. The van der Waals surface area contributed by atoms with Crippen molar-refractivity contribution in [2.24, 2.45) is 0 Å². The average molecular weight is 513 g/mol. The summed E-state index contributed by atoms with van der Waals surface area (Å²) < 4.78 is 8.98. The smallest absolute Gasteiger partial charge is 0.251 e. The molecular formula is C25H23BrClN3O2. The Morgan fingerprint density at radius 1 is 1.12 bits per heavy atom. The normalized spacial score (nSPS) is 11.0. The fourth-order valence-electron chi connectivity index (χ4n) is 3.55. The maximum absolute atomic E-state index is 12.4. The third-order valence-electron chi connectivity index (χ3n) is 5.17. The van der Waals surface area contributed by atoms with Gasteiger partial charge in [0.15, 0.2) is 0 Å². The number of aromatic nitrogens is 2. The van der Waals surface area contributed by atoms with Gasteiger partial charge in [-0.05, 0) is 61.0 Å². The van der Waals surface area contributed by atoms with Gasteiger partial charge >= 0.3 is 0 Å². The van der Waals surface area contributed by atoms with Gasteiger partial charge in [0.05, 0.1) is 17.6 Å². The fraction of sp³-hybridized carbons (Fsp3) is 0.200. The van der Waals surface area contributed by atoms with Crippen molar-refractivity contribution in [3.63, 3.8) is 0 Å². The Hall–Kier alpha value is -2.83.